The van der Waals surface area contributed by atoms with E-state index in [2.05, 4.69) is 23.2 Å². The van der Waals surface area contributed by atoms with Crippen molar-refractivity contribution in [3.63, 3.8) is 0 Å². The molecule has 0 amide bonds. The van der Waals surface area contributed by atoms with Crippen LogP contribution in [0.15, 0.2) is 128 Å². The molecule has 0 N–H and O–H groups in total. The van der Waals surface area contributed by atoms with Gasteiger partial charge in [0.1, 0.15) is 0 Å². The molecule has 0 bridgehead atoms. The number of halogens is 1. The molecule has 0 saturated carbocycles. The summed E-state index contributed by atoms with van der Waals surface area (Å²) < 4.78 is 0. The molecule has 0 unspecified atom stereocenters. The predicted octanol–water partition coefficient (Wildman–Crippen LogP) is 8.26. The van der Waals surface area contributed by atoms with Crippen LogP contribution in [0.3, 0.4) is 0 Å². The second kappa shape index (κ2) is 10.1. The third-order valence-corrected chi connectivity index (χ3v) is 6.24. The van der Waals surface area contributed by atoms with E-state index in [4.69, 9.17) is 26.6 Å². The molecule has 6 aromatic rings. The summed E-state index contributed by atoms with van der Waals surface area (Å²) in [6.07, 6.45) is 1.87. The molecule has 176 valence electrons. The lowest BCUT2D eigenvalue weighted by Gasteiger charge is -2.10. The van der Waals surface area contributed by atoms with Gasteiger partial charge in [0.25, 0.3) is 0 Å². The van der Waals surface area contributed by atoms with Gasteiger partial charge in [0.05, 0.1) is 5.69 Å². The average molecular weight is 497 g/mol. The van der Waals surface area contributed by atoms with E-state index in [0.717, 1.165) is 39.1 Å². The lowest BCUT2D eigenvalue weighted by molar-refractivity contribution is 1.07. The molecule has 37 heavy (non-hydrogen) atoms. The lowest BCUT2D eigenvalue weighted by atomic mass is 10.0. The molecule has 0 fully saturated rings. The summed E-state index contributed by atoms with van der Waals surface area (Å²) in [5.41, 5.74) is 6.56. The smallest absolute Gasteiger partial charge is 0.164 e. The number of pyridine rings is 1. The van der Waals surface area contributed by atoms with Crippen molar-refractivity contribution in [3.8, 4) is 56.5 Å². The standard InChI is InChI=1S/C32H21ClN4/c33-28-19-26(25-16-17-29(34-21-25)22-10-4-1-5-11-22)18-27(20-28)32-36-30(23-12-6-2-7-13-23)35-31(37-32)24-14-8-3-9-15-24/h1-21H. The van der Waals surface area contributed by atoms with Gasteiger partial charge in [0.2, 0.25) is 0 Å². The van der Waals surface area contributed by atoms with Crippen LogP contribution in [-0.2, 0) is 0 Å². The maximum absolute atomic E-state index is 6.60. The van der Waals surface area contributed by atoms with Crippen LogP contribution in [0.1, 0.15) is 0 Å². The van der Waals surface area contributed by atoms with Crippen LogP contribution in [0.4, 0.5) is 0 Å². The molecule has 0 radical (unpaired) electrons. The highest BCUT2D eigenvalue weighted by Crippen LogP contribution is 2.31. The van der Waals surface area contributed by atoms with Gasteiger partial charge in [-0.25, -0.2) is 15.0 Å². The molecule has 0 atom stereocenters. The number of hydrogen-bond donors (Lipinski definition) is 0. The van der Waals surface area contributed by atoms with Gasteiger partial charge >= 0.3 is 0 Å². The Kier molecular flexibility index (Phi) is 6.24. The quantitative estimate of drug-likeness (QED) is 0.241. The van der Waals surface area contributed by atoms with E-state index >= 15 is 0 Å². The first-order valence-electron chi connectivity index (χ1n) is 11.9. The topological polar surface area (TPSA) is 51.6 Å². The van der Waals surface area contributed by atoms with Gasteiger partial charge in [-0.05, 0) is 29.8 Å². The van der Waals surface area contributed by atoms with Crippen LogP contribution in [0.25, 0.3) is 56.5 Å². The highest BCUT2D eigenvalue weighted by atomic mass is 35.5. The number of hydrogen-bond acceptors (Lipinski definition) is 4. The maximum atomic E-state index is 6.60. The highest BCUT2D eigenvalue weighted by Gasteiger charge is 2.14. The summed E-state index contributed by atoms with van der Waals surface area (Å²) in [6, 6.07) is 39.9. The molecule has 2 heterocycles. The van der Waals surface area contributed by atoms with E-state index in [-0.39, 0.29) is 0 Å². The predicted molar refractivity (Wildman–Crippen MR) is 150 cm³/mol. The van der Waals surface area contributed by atoms with Gasteiger partial charge in [-0.1, -0.05) is 109 Å². The third kappa shape index (κ3) is 5.01. The Bertz CT molecular complexity index is 1600. The molecule has 5 heteroatoms. The van der Waals surface area contributed by atoms with E-state index in [1.54, 1.807) is 0 Å². The molecule has 0 aliphatic carbocycles. The van der Waals surface area contributed by atoms with Gasteiger partial charge in [-0.15, -0.1) is 0 Å². The zero-order valence-electron chi connectivity index (χ0n) is 19.8. The molecular weight excluding hydrogens is 476 g/mol. The monoisotopic (exact) mass is 496 g/mol. The SMILES string of the molecule is Clc1cc(-c2ccc(-c3ccccc3)nc2)cc(-c2nc(-c3ccccc3)nc(-c3ccccc3)n2)c1. The Hall–Kier alpha value is -4.67. The van der Waals surface area contributed by atoms with Gasteiger partial charge < -0.3 is 0 Å². The molecule has 0 aliphatic rings. The summed E-state index contributed by atoms with van der Waals surface area (Å²) in [6.45, 7) is 0. The second-order valence-electron chi connectivity index (χ2n) is 8.57. The van der Waals surface area contributed by atoms with Crippen molar-refractivity contribution in [2.45, 2.75) is 0 Å². The van der Waals surface area contributed by atoms with Crippen molar-refractivity contribution >= 4 is 11.6 Å². The highest BCUT2D eigenvalue weighted by molar-refractivity contribution is 6.31. The van der Waals surface area contributed by atoms with E-state index in [1.807, 2.05) is 109 Å². The van der Waals surface area contributed by atoms with Crippen LogP contribution in [0.2, 0.25) is 5.02 Å². The summed E-state index contributed by atoms with van der Waals surface area (Å²) >= 11 is 6.60. The minimum Gasteiger partial charge on any atom is -0.256 e. The van der Waals surface area contributed by atoms with Gasteiger partial charge in [0.15, 0.2) is 17.5 Å². The first-order chi connectivity index (χ1) is 18.2. The summed E-state index contributed by atoms with van der Waals surface area (Å²) in [7, 11) is 0. The molecule has 4 aromatic carbocycles. The number of rotatable bonds is 5. The van der Waals surface area contributed by atoms with Gasteiger partial charge in [-0.3, -0.25) is 4.98 Å². The Labute approximate surface area is 220 Å². The molecule has 0 saturated heterocycles. The first kappa shape index (κ1) is 22.8. The lowest BCUT2D eigenvalue weighted by Crippen LogP contribution is -2.00. The number of benzene rings is 4. The van der Waals surface area contributed by atoms with Crippen LogP contribution in [0, 0.1) is 0 Å². The molecule has 6 rings (SSSR count). The molecule has 2 aromatic heterocycles. The van der Waals surface area contributed by atoms with Crippen molar-refractivity contribution in [2.24, 2.45) is 0 Å². The molecule has 0 spiro atoms. The maximum Gasteiger partial charge on any atom is 0.164 e. The largest absolute Gasteiger partial charge is 0.256 e. The molecular formula is C32H21ClN4. The zero-order valence-corrected chi connectivity index (χ0v) is 20.5. The second-order valence-corrected chi connectivity index (χ2v) is 9.00. The van der Waals surface area contributed by atoms with E-state index in [0.29, 0.717) is 22.5 Å². The fraction of sp³-hybridized carbons (Fsp3) is 0. The summed E-state index contributed by atoms with van der Waals surface area (Å²) in [5, 5.41) is 0.600. The minimum absolute atomic E-state index is 0.560. The van der Waals surface area contributed by atoms with Crippen molar-refractivity contribution < 1.29 is 0 Å². The van der Waals surface area contributed by atoms with Crippen molar-refractivity contribution in [1.29, 1.82) is 0 Å². The number of nitrogens with zero attached hydrogens (tertiary/aromatic N) is 4. The zero-order chi connectivity index (χ0) is 25.0. The van der Waals surface area contributed by atoms with Crippen LogP contribution < -0.4 is 0 Å². The third-order valence-electron chi connectivity index (χ3n) is 6.02. The molecule has 0 aliphatic heterocycles. The Morgan fingerprint density at radius 2 is 0.892 bits per heavy atom. The van der Waals surface area contributed by atoms with Crippen molar-refractivity contribution in [2.75, 3.05) is 0 Å². The van der Waals surface area contributed by atoms with Crippen LogP contribution in [-0.4, -0.2) is 19.9 Å². The normalized spacial score (nSPS) is 10.8. The van der Waals surface area contributed by atoms with E-state index in [9.17, 15) is 0 Å². The Morgan fingerprint density at radius 3 is 1.41 bits per heavy atom. The summed E-state index contributed by atoms with van der Waals surface area (Å²) in [4.78, 5) is 19.1. The fourth-order valence-corrected chi connectivity index (χ4v) is 4.40. The van der Waals surface area contributed by atoms with E-state index < -0.39 is 0 Å². The van der Waals surface area contributed by atoms with E-state index in [1.165, 1.54) is 0 Å². The minimum atomic E-state index is 0.560. The summed E-state index contributed by atoms with van der Waals surface area (Å²) in [5.74, 6) is 1.78. The van der Waals surface area contributed by atoms with Crippen molar-refractivity contribution in [1.82, 2.24) is 19.9 Å². The van der Waals surface area contributed by atoms with Gasteiger partial charge in [-0.2, -0.15) is 0 Å². The first-order valence-corrected chi connectivity index (χ1v) is 12.3. The average Bonchev–Trinajstić information content (AvgIpc) is 2.98. The van der Waals surface area contributed by atoms with Gasteiger partial charge in [0, 0.05) is 39.0 Å². The Morgan fingerprint density at radius 1 is 0.405 bits per heavy atom. The number of aromatic nitrogens is 4. The fourth-order valence-electron chi connectivity index (χ4n) is 4.17. The van der Waals surface area contributed by atoms with Crippen molar-refractivity contribution in [3.05, 3.63) is 133 Å². The molecule has 4 nitrogen and oxygen atoms in total. The van der Waals surface area contributed by atoms with Crippen LogP contribution in [0.5, 0.6) is 0 Å². The Balaban J connectivity index is 1.44. The van der Waals surface area contributed by atoms with Crippen LogP contribution >= 0.6 is 11.6 Å².